The molecule has 35 heavy (non-hydrogen) atoms. The second-order valence-electron chi connectivity index (χ2n) is 10.8. The van der Waals surface area contributed by atoms with Crippen LogP contribution in [0.2, 0.25) is 0 Å². The number of rotatable bonds is 9. The van der Waals surface area contributed by atoms with Crippen LogP contribution in [0.1, 0.15) is 58.2 Å². The maximum Gasteiger partial charge on any atom is 0.311 e. The molecule has 192 valence electrons. The summed E-state index contributed by atoms with van der Waals surface area (Å²) in [6.45, 7) is 13.1. The molecule has 1 unspecified atom stereocenters. The van der Waals surface area contributed by atoms with Gasteiger partial charge in [0, 0.05) is 12.5 Å². The van der Waals surface area contributed by atoms with Crippen LogP contribution in [-0.4, -0.2) is 36.5 Å². The van der Waals surface area contributed by atoms with E-state index in [9.17, 15) is 9.90 Å². The lowest BCUT2D eigenvalue weighted by molar-refractivity contribution is -0.154. The Morgan fingerprint density at radius 3 is 2.20 bits per heavy atom. The fourth-order valence-electron chi connectivity index (χ4n) is 3.31. The fourth-order valence-corrected chi connectivity index (χ4v) is 3.46. The zero-order chi connectivity index (χ0) is 26.2. The summed E-state index contributed by atoms with van der Waals surface area (Å²) in [5, 5.41) is 13.1. The average molecular weight is 502 g/mol. The molecule has 0 saturated carbocycles. The van der Waals surface area contributed by atoms with Gasteiger partial charge in [0.15, 0.2) is 11.5 Å². The SMILES string of the molecule is COc1cc(COC(=S)NCC(COC(=O)C(C)(C)C)Cc2ccc(C(C)(C)C)cc2)ccc1O. The minimum absolute atomic E-state index is 0.0112. The van der Waals surface area contributed by atoms with Crippen molar-refractivity contribution in [2.24, 2.45) is 11.3 Å². The smallest absolute Gasteiger partial charge is 0.311 e. The first-order valence-corrected chi connectivity index (χ1v) is 12.2. The zero-order valence-corrected chi connectivity index (χ0v) is 22.8. The number of benzene rings is 2. The summed E-state index contributed by atoms with van der Waals surface area (Å²) in [7, 11) is 1.50. The van der Waals surface area contributed by atoms with Crippen molar-refractivity contribution in [2.75, 3.05) is 20.3 Å². The maximum atomic E-state index is 12.3. The largest absolute Gasteiger partial charge is 0.504 e. The number of esters is 1. The topological polar surface area (TPSA) is 77.0 Å². The highest BCUT2D eigenvalue weighted by Gasteiger charge is 2.24. The van der Waals surface area contributed by atoms with Crippen LogP contribution in [0.3, 0.4) is 0 Å². The minimum atomic E-state index is -0.560. The van der Waals surface area contributed by atoms with Gasteiger partial charge >= 0.3 is 5.97 Å². The van der Waals surface area contributed by atoms with E-state index in [1.54, 1.807) is 18.2 Å². The number of thiocarbonyl (C=S) groups is 1. The Morgan fingerprint density at radius 1 is 1.00 bits per heavy atom. The molecule has 0 aromatic heterocycles. The molecule has 0 heterocycles. The second kappa shape index (κ2) is 12.2. The molecular weight excluding hydrogens is 462 g/mol. The van der Waals surface area contributed by atoms with Crippen molar-refractivity contribution in [3.05, 3.63) is 59.2 Å². The lowest BCUT2D eigenvalue weighted by atomic mass is 9.86. The Balaban J connectivity index is 1.99. The molecule has 2 aromatic carbocycles. The number of phenolic OH excluding ortho intramolecular Hbond substituents is 1. The van der Waals surface area contributed by atoms with Gasteiger partial charge < -0.3 is 24.6 Å². The summed E-state index contributed by atoms with van der Waals surface area (Å²) in [6.07, 6.45) is 0.729. The van der Waals surface area contributed by atoms with Gasteiger partial charge in [-0.3, -0.25) is 4.79 Å². The van der Waals surface area contributed by atoms with Crippen LogP contribution in [0.15, 0.2) is 42.5 Å². The summed E-state index contributed by atoms with van der Waals surface area (Å²) < 4.78 is 16.4. The first-order chi connectivity index (χ1) is 16.3. The van der Waals surface area contributed by atoms with Crippen molar-refractivity contribution in [1.29, 1.82) is 0 Å². The van der Waals surface area contributed by atoms with Gasteiger partial charge in [-0.25, -0.2) is 0 Å². The summed E-state index contributed by atoms with van der Waals surface area (Å²) in [5.41, 5.74) is 2.79. The maximum absolute atomic E-state index is 12.3. The van der Waals surface area contributed by atoms with E-state index in [-0.39, 0.29) is 41.4 Å². The standard InChI is InChI=1S/C28H39NO5S/c1-27(2,3)22-11-8-19(9-12-22)14-21(18-33-25(31)28(4,5)6)16-29-26(35)34-17-20-10-13-23(30)24(15-20)32-7/h8-13,15,21,30H,14,16-18H2,1-7H3,(H,29,35). The van der Waals surface area contributed by atoms with E-state index < -0.39 is 5.41 Å². The van der Waals surface area contributed by atoms with Gasteiger partial charge in [0.1, 0.15) is 6.61 Å². The average Bonchev–Trinajstić information content (AvgIpc) is 2.79. The molecule has 7 heteroatoms. The molecule has 2 rings (SSSR count). The molecule has 0 fully saturated rings. The number of nitrogens with one attached hydrogen (secondary N) is 1. The molecule has 0 aliphatic heterocycles. The Hall–Kier alpha value is -2.80. The van der Waals surface area contributed by atoms with Gasteiger partial charge in [-0.1, -0.05) is 51.1 Å². The molecule has 0 aliphatic carbocycles. The molecule has 2 N–H and O–H groups in total. The third kappa shape index (κ3) is 9.40. The number of hydrogen-bond donors (Lipinski definition) is 2. The van der Waals surface area contributed by atoms with E-state index >= 15 is 0 Å². The van der Waals surface area contributed by atoms with E-state index in [0.717, 1.165) is 12.0 Å². The van der Waals surface area contributed by atoms with Gasteiger partial charge in [-0.05, 0) is 73.6 Å². The Labute approximate surface area is 215 Å². The highest BCUT2D eigenvalue weighted by Crippen LogP contribution is 2.26. The molecule has 1 atom stereocenters. The lowest BCUT2D eigenvalue weighted by Gasteiger charge is -2.23. The van der Waals surface area contributed by atoms with Crippen LogP contribution in [0, 0.1) is 11.3 Å². The van der Waals surface area contributed by atoms with Crippen molar-refractivity contribution in [3.63, 3.8) is 0 Å². The van der Waals surface area contributed by atoms with E-state index in [1.807, 2.05) is 20.8 Å². The predicted molar refractivity (Wildman–Crippen MR) is 143 cm³/mol. The first kappa shape index (κ1) is 28.4. The zero-order valence-electron chi connectivity index (χ0n) is 21.9. The number of phenols is 1. The van der Waals surface area contributed by atoms with Crippen molar-refractivity contribution in [2.45, 2.75) is 60.0 Å². The van der Waals surface area contributed by atoms with E-state index in [2.05, 4.69) is 50.4 Å². The van der Waals surface area contributed by atoms with Gasteiger partial charge in [0.05, 0.1) is 19.1 Å². The van der Waals surface area contributed by atoms with Crippen LogP contribution in [0.4, 0.5) is 0 Å². The normalized spacial score (nSPS) is 12.5. The van der Waals surface area contributed by atoms with Gasteiger partial charge in [-0.15, -0.1) is 0 Å². The van der Waals surface area contributed by atoms with Crippen molar-refractivity contribution in [1.82, 2.24) is 5.32 Å². The number of methoxy groups -OCH3 is 1. The molecule has 6 nitrogen and oxygen atoms in total. The molecule has 0 spiro atoms. The van der Waals surface area contributed by atoms with Crippen LogP contribution in [-0.2, 0) is 32.7 Å². The quantitative estimate of drug-likeness (QED) is 0.345. The summed E-state index contributed by atoms with van der Waals surface area (Å²) >= 11 is 5.35. The minimum Gasteiger partial charge on any atom is -0.504 e. The van der Waals surface area contributed by atoms with Crippen molar-refractivity contribution in [3.8, 4) is 11.5 Å². The Kier molecular flexibility index (Phi) is 9.95. The number of ether oxygens (including phenoxy) is 3. The van der Waals surface area contributed by atoms with Gasteiger partial charge in [0.25, 0.3) is 5.17 Å². The number of carbonyl (C=O) groups excluding carboxylic acids is 1. The highest BCUT2D eigenvalue weighted by atomic mass is 32.1. The van der Waals surface area contributed by atoms with E-state index in [1.165, 1.54) is 18.2 Å². The van der Waals surface area contributed by atoms with Crippen LogP contribution < -0.4 is 10.1 Å². The molecule has 0 aliphatic rings. The van der Waals surface area contributed by atoms with E-state index in [0.29, 0.717) is 12.3 Å². The van der Waals surface area contributed by atoms with Crippen LogP contribution >= 0.6 is 12.2 Å². The van der Waals surface area contributed by atoms with Gasteiger partial charge in [-0.2, -0.15) is 0 Å². The predicted octanol–water partition coefficient (Wildman–Crippen LogP) is 5.54. The number of aromatic hydroxyl groups is 1. The molecule has 0 bridgehead atoms. The van der Waals surface area contributed by atoms with Crippen LogP contribution in [0.25, 0.3) is 0 Å². The van der Waals surface area contributed by atoms with Crippen LogP contribution in [0.5, 0.6) is 11.5 Å². The van der Waals surface area contributed by atoms with E-state index in [4.69, 9.17) is 26.4 Å². The fraction of sp³-hybridized carbons (Fsp3) is 0.500. The Bertz CT molecular complexity index is 990. The third-order valence-electron chi connectivity index (χ3n) is 5.56. The molecule has 0 amide bonds. The second-order valence-corrected chi connectivity index (χ2v) is 11.2. The molecule has 2 aromatic rings. The summed E-state index contributed by atoms with van der Waals surface area (Å²) in [5.74, 6) is 0.228. The molecule has 0 saturated heterocycles. The lowest BCUT2D eigenvalue weighted by Crippen LogP contribution is -2.34. The van der Waals surface area contributed by atoms with Crippen molar-refractivity contribution >= 4 is 23.4 Å². The number of carbonyl (C=O) groups is 1. The highest BCUT2D eigenvalue weighted by molar-refractivity contribution is 7.80. The summed E-state index contributed by atoms with van der Waals surface area (Å²) in [4.78, 5) is 12.3. The monoisotopic (exact) mass is 501 g/mol. The Morgan fingerprint density at radius 2 is 1.63 bits per heavy atom. The first-order valence-electron chi connectivity index (χ1n) is 11.8. The summed E-state index contributed by atoms with van der Waals surface area (Å²) in [6, 6.07) is 13.6. The third-order valence-corrected chi connectivity index (χ3v) is 5.82. The van der Waals surface area contributed by atoms with Gasteiger partial charge in [0.2, 0.25) is 0 Å². The molecule has 0 radical (unpaired) electrons. The molecular formula is C28H39NO5S. The van der Waals surface area contributed by atoms with Crippen molar-refractivity contribution < 1.29 is 24.1 Å². The number of hydrogen-bond acceptors (Lipinski definition) is 6.